The molecule has 0 saturated heterocycles. The minimum Gasteiger partial charge on any atom is -0.443 e. The molecule has 0 unspecified atom stereocenters. The van der Waals surface area contributed by atoms with Crippen LogP contribution >= 0.6 is 0 Å². The highest BCUT2D eigenvalue weighted by molar-refractivity contribution is 5.82. The molecule has 10 heteroatoms. The van der Waals surface area contributed by atoms with Crippen molar-refractivity contribution in [3.8, 4) is 0 Å². The van der Waals surface area contributed by atoms with E-state index < -0.39 is 35.9 Å². The van der Waals surface area contributed by atoms with Gasteiger partial charge in [0.15, 0.2) is 0 Å². The molecular weight excluding hydrogens is 451 g/mol. The topological polar surface area (TPSA) is 90.9 Å². The SMILES string of the molecule is CC(C)(C)OC(=O)NN(CC1CCCCC1)C[C@H](O)[C@H](Cc1ccccc1)NC(=O)C(F)(F)F. The van der Waals surface area contributed by atoms with Gasteiger partial charge in [0, 0.05) is 13.1 Å². The van der Waals surface area contributed by atoms with E-state index in [0.717, 1.165) is 32.1 Å². The summed E-state index contributed by atoms with van der Waals surface area (Å²) in [5.41, 5.74) is 2.55. The van der Waals surface area contributed by atoms with Crippen molar-refractivity contribution in [3.63, 3.8) is 0 Å². The van der Waals surface area contributed by atoms with Crippen LogP contribution in [0, 0.1) is 5.92 Å². The molecule has 34 heavy (non-hydrogen) atoms. The Bertz CT molecular complexity index is 778. The Labute approximate surface area is 199 Å². The molecule has 1 aliphatic carbocycles. The van der Waals surface area contributed by atoms with Crippen molar-refractivity contribution in [2.75, 3.05) is 13.1 Å². The van der Waals surface area contributed by atoms with Crippen LogP contribution in [0.3, 0.4) is 0 Å². The second kappa shape index (κ2) is 12.4. The van der Waals surface area contributed by atoms with Gasteiger partial charge in [-0.1, -0.05) is 49.6 Å². The van der Waals surface area contributed by atoms with E-state index in [-0.39, 0.29) is 18.9 Å². The fourth-order valence-electron chi connectivity index (χ4n) is 4.03. The zero-order chi connectivity index (χ0) is 25.4. The zero-order valence-corrected chi connectivity index (χ0v) is 20.0. The summed E-state index contributed by atoms with van der Waals surface area (Å²) in [7, 11) is 0. The molecule has 1 aromatic carbocycles. The van der Waals surface area contributed by atoms with Gasteiger partial charge in [-0.25, -0.2) is 9.80 Å². The summed E-state index contributed by atoms with van der Waals surface area (Å²) in [5.74, 6) is -1.85. The van der Waals surface area contributed by atoms with E-state index in [2.05, 4.69) is 5.43 Å². The molecule has 192 valence electrons. The van der Waals surface area contributed by atoms with Gasteiger partial charge in [0.1, 0.15) is 5.60 Å². The maximum atomic E-state index is 12.9. The van der Waals surface area contributed by atoms with Crippen LogP contribution in [0.4, 0.5) is 18.0 Å². The van der Waals surface area contributed by atoms with E-state index in [4.69, 9.17) is 4.74 Å². The van der Waals surface area contributed by atoms with Crippen LogP contribution < -0.4 is 10.7 Å². The summed E-state index contributed by atoms with van der Waals surface area (Å²) in [4.78, 5) is 24.0. The quantitative estimate of drug-likeness (QED) is 0.459. The molecule has 0 aliphatic heterocycles. The van der Waals surface area contributed by atoms with Crippen LogP contribution in [0.5, 0.6) is 0 Å². The summed E-state index contributed by atoms with van der Waals surface area (Å²) in [5, 5.41) is 14.3. The second-order valence-electron chi connectivity index (χ2n) is 9.86. The highest BCUT2D eigenvalue weighted by atomic mass is 19.4. The molecule has 0 bridgehead atoms. The van der Waals surface area contributed by atoms with Gasteiger partial charge >= 0.3 is 18.2 Å². The molecule has 3 N–H and O–H groups in total. The Hall–Kier alpha value is -2.33. The molecular formula is C24H36F3N3O4. The van der Waals surface area contributed by atoms with Crippen LogP contribution in [0.1, 0.15) is 58.4 Å². The predicted molar refractivity (Wildman–Crippen MR) is 122 cm³/mol. The van der Waals surface area contributed by atoms with E-state index in [1.807, 2.05) is 5.32 Å². The largest absolute Gasteiger partial charge is 0.471 e. The molecule has 1 aliphatic rings. The number of nitrogens with zero attached hydrogens (tertiary/aromatic N) is 1. The molecule has 0 radical (unpaired) electrons. The molecule has 0 spiro atoms. The van der Waals surface area contributed by atoms with Gasteiger partial charge in [-0.3, -0.25) is 10.2 Å². The number of nitrogens with one attached hydrogen (secondary N) is 2. The van der Waals surface area contributed by atoms with Crippen LogP contribution in [-0.4, -0.2) is 59.1 Å². The molecule has 2 amide bonds. The van der Waals surface area contributed by atoms with Gasteiger partial charge in [-0.05, 0) is 51.5 Å². The minimum absolute atomic E-state index is 0.00642. The predicted octanol–water partition coefficient (Wildman–Crippen LogP) is 3.96. The molecule has 2 rings (SSSR count). The van der Waals surface area contributed by atoms with Gasteiger partial charge in [-0.15, -0.1) is 0 Å². The summed E-state index contributed by atoms with van der Waals surface area (Å²) >= 11 is 0. The molecule has 0 heterocycles. The van der Waals surface area contributed by atoms with Crippen LogP contribution in [-0.2, 0) is 16.0 Å². The fourth-order valence-corrected chi connectivity index (χ4v) is 4.03. The van der Waals surface area contributed by atoms with Gasteiger partial charge < -0.3 is 15.2 Å². The number of hydrazine groups is 1. The lowest BCUT2D eigenvalue weighted by atomic mass is 9.89. The highest BCUT2D eigenvalue weighted by Gasteiger charge is 2.41. The van der Waals surface area contributed by atoms with Gasteiger partial charge in [0.25, 0.3) is 0 Å². The number of amides is 2. The lowest BCUT2D eigenvalue weighted by molar-refractivity contribution is -0.175. The Morgan fingerprint density at radius 1 is 1.12 bits per heavy atom. The molecule has 1 fully saturated rings. The van der Waals surface area contributed by atoms with Gasteiger partial charge in [0.2, 0.25) is 0 Å². The number of alkyl halides is 3. The normalized spacial score (nSPS) is 17.2. The smallest absolute Gasteiger partial charge is 0.443 e. The number of halogens is 3. The number of hydrogen-bond donors (Lipinski definition) is 3. The average molecular weight is 488 g/mol. The Morgan fingerprint density at radius 2 is 1.74 bits per heavy atom. The first-order valence-electron chi connectivity index (χ1n) is 11.7. The van der Waals surface area contributed by atoms with Crippen LogP contribution in [0.25, 0.3) is 0 Å². The second-order valence-corrected chi connectivity index (χ2v) is 9.86. The fraction of sp³-hybridized carbons (Fsp3) is 0.667. The van der Waals surface area contributed by atoms with Crippen molar-refractivity contribution in [1.82, 2.24) is 15.8 Å². The lowest BCUT2D eigenvalue weighted by Gasteiger charge is -2.34. The van der Waals surface area contributed by atoms with E-state index in [0.29, 0.717) is 12.1 Å². The van der Waals surface area contributed by atoms with Crippen molar-refractivity contribution in [3.05, 3.63) is 35.9 Å². The summed E-state index contributed by atoms with van der Waals surface area (Å²) < 4.78 is 44.1. The summed E-state index contributed by atoms with van der Waals surface area (Å²) in [6.45, 7) is 5.40. The standard InChI is InChI=1S/C24H36F3N3O4/c1-23(2,3)34-22(33)29-30(15-18-12-8-5-9-13-18)16-20(31)19(28-21(32)24(25,26)27)14-17-10-6-4-7-11-17/h4,6-7,10-11,18-20,31H,5,8-9,12-16H2,1-3H3,(H,28,32)(H,29,33)/t19-,20-/m0/s1. The number of carbonyl (C=O) groups is 2. The minimum atomic E-state index is -5.08. The number of hydrogen-bond acceptors (Lipinski definition) is 5. The first-order chi connectivity index (χ1) is 15.8. The number of aliphatic hydroxyl groups is 1. The van der Waals surface area contributed by atoms with Gasteiger partial charge in [-0.2, -0.15) is 13.2 Å². The van der Waals surface area contributed by atoms with Crippen molar-refractivity contribution in [1.29, 1.82) is 0 Å². The maximum absolute atomic E-state index is 12.9. The zero-order valence-electron chi connectivity index (χ0n) is 20.0. The maximum Gasteiger partial charge on any atom is 0.471 e. The van der Waals surface area contributed by atoms with Crippen molar-refractivity contribution >= 4 is 12.0 Å². The average Bonchev–Trinajstić information content (AvgIpc) is 2.72. The monoisotopic (exact) mass is 487 g/mol. The first-order valence-corrected chi connectivity index (χ1v) is 11.7. The summed E-state index contributed by atoms with van der Waals surface area (Å²) in [6.07, 6.45) is -2.00. The molecule has 0 aromatic heterocycles. The molecule has 1 saturated carbocycles. The third kappa shape index (κ3) is 10.3. The Morgan fingerprint density at radius 3 is 2.29 bits per heavy atom. The number of ether oxygens (including phenoxy) is 1. The van der Waals surface area contributed by atoms with Crippen molar-refractivity contribution in [2.24, 2.45) is 5.92 Å². The van der Waals surface area contributed by atoms with Crippen molar-refractivity contribution in [2.45, 2.75) is 83.2 Å². The van der Waals surface area contributed by atoms with E-state index in [1.54, 1.807) is 51.1 Å². The molecule has 7 nitrogen and oxygen atoms in total. The van der Waals surface area contributed by atoms with E-state index >= 15 is 0 Å². The third-order valence-electron chi connectivity index (χ3n) is 5.60. The number of rotatable bonds is 9. The van der Waals surface area contributed by atoms with E-state index in [9.17, 15) is 27.9 Å². The summed E-state index contributed by atoms with van der Waals surface area (Å²) in [6, 6.07) is 7.41. The molecule has 2 atom stereocenters. The number of carbonyl (C=O) groups excluding carboxylic acids is 2. The van der Waals surface area contributed by atoms with Crippen LogP contribution in [0.15, 0.2) is 30.3 Å². The first kappa shape index (κ1) is 27.9. The Kier molecular flexibility index (Phi) is 10.2. The highest BCUT2D eigenvalue weighted by Crippen LogP contribution is 2.24. The lowest BCUT2D eigenvalue weighted by Crippen LogP contribution is -2.56. The van der Waals surface area contributed by atoms with E-state index in [1.165, 1.54) is 5.01 Å². The molecule has 1 aromatic rings. The Balaban J connectivity index is 2.16. The third-order valence-corrected chi connectivity index (χ3v) is 5.60. The van der Waals surface area contributed by atoms with Crippen LogP contribution in [0.2, 0.25) is 0 Å². The van der Waals surface area contributed by atoms with Gasteiger partial charge in [0.05, 0.1) is 12.1 Å². The van der Waals surface area contributed by atoms with Crippen molar-refractivity contribution < 1.29 is 32.6 Å². The number of benzene rings is 1. The number of aliphatic hydroxyl groups excluding tert-OH is 1.